The van der Waals surface area contributed by atoms with E-state index >= 15 is 0 Å². The Morgan fingerprint density at radius 2 is 1.48 bits per heavy atom. The molecule has 0 heterocycles. The molecule has 0 bridgehead atoms. The molecule has 166 valence electrons. The Kier molecular flexibility index (Phi) is 9.06. The predicted molar refractivity (Wildman–Crippen MR) is 122 cm³/mol. The minimum atomic E-state index is -0.756. The quantitative estimate of drug-likeness (QED) is 0.493. The summed E-state index contributed by atoms with van der Waals surface area (Å²) in [5.74, 6) is -0.231. The highest BCUT2D eigenvalue weighted by Gasteiger charge is 2.22. The number of hydrogen-bond donors (Lipinski definition) is 4. The first-order chi connectivity index (χ1) is 14.7. The molecule has 0 aliphatic carbocycles. The maximum Gasteiger partial charge on any atom is 0.319 e. The van der Waals surface area contributed by atoms with Gasteiger partial charge in [-0.15, -0.1) is 0 Å². The van der Waals surface area contributed by atoms with Gasteiger partial charge in [-0.1, -0.05) is 56.3 Å². The molecule has 2 aromatic carbocycles. The molecule has 0 aromatic heterocycles. The molecule has 2 aromatic rings. The molecule has 0 aliphatic heterocycles. The molecule has 0 radical (unpaired) electrons. The number of hydrogen-bond acceptors (Lipinski definition) is 3. The van der Waals surface area contributed by atoms with Crippen molar-refractivity contribution in [3.63, 3.8) is 0 Å². The fourth-order valence-electron chi connectivity index (χ4n) is 2.96. The average molecular weight is 425 g/mol. The van der Waals surface area contributed by atoms with Crippen molar-refractivity contribution in [3.05, 3.63) is 65.7 Å². The zero-order valence-corrected chi connectivity index (χ0v) is 18.6. The van der Waals surface area contributed by atoms with E-state index in [1.807, 2.05) is 70.2 Å². The van der Waals surface area contributed by atoms with E-state index in [0.29, 0.717) is 18.7 Å². The number of nitrogens with one attached hydrogen (secondary N) is 4. The van der Waals surface area contributed by atoms with Gasteiger partial charge in [0.2, 0.25) is 11.8 Å². The number of carbonyl (C=O) groups is 3. The van der Waals surface area contributed by atoms with Crippen molar-refractivity contribution < 1.29 is 14.4 Å². The van der Waals surface area contributed by atoms with Crippen LogP contribution in [0.4, 0.5) is 10.5 Å². The third kappa shape index (κ3) is 8.50. The minimum Gasteiger partial charge on any atom is -0.350 e. The van der Waals surface area contributed by atoms with Gasteiger partial charge in [0.05, 0.1) is 0 Å². The molecule has 1 atom stereocenters. The Balaban J connectivity index is 1.98. The van der Waals surface area contributed by atoms with Gasteiger partial charge in [-0.25, -0.2) is 4.79 Å². The molecule has 1 unspecified atom stereocenters. The predicted octanol–water partition coefficient (Wildman–Crippen LogP) is 3.74. The number of rotatable bonds is 9. The van der Waals surface area contributed by atoms with E-state index in [1.54, 1.807) is 12.1 Å². The van der Waals surface area contributed by atoms with Gasteiger partial charge in [0.25, 0.3) is 0 Å². The van der Waals surface area contributed by atoms with Crippen molar-refractivity contribution in [1.82, 2.24) is 16.0 Å². The van der Waals surface area contributed by atoms with Gasteiger partial charge < -0.3 is 21.3 Å². The van der Waals surface area contributed by atoms with E-state index < -0.39 is 6.04 Å². The second kappa shape index (κ2) is 11.7. The van der Waals surface area contributed by atoms with Crippen LogP contribution in [0, 0.1) is 5.92 Å². The second-order valence-corrected chi connectivity index (χ2v) is 8.18. The summed E-state index contributed by atoms with van der Waals surface area (Å²) in [6.07, 6.45) is 0.357. The van der Waals surface area contributed by atoms with Gasteiger partial charge in [0, 0.05) is 24.7 Å². The molecule has 4 amide bonds. The van der Waals surface area contributed by atoms with Gasteiger partial charge in [-0.2, -0.15) is 0 Å². The van der Waals surface area contributed by atoms with Gasteiger partial charge in [0.1, 0.15) is 6.04 Å². The summed E-state index contributed by atoms with van der Waals surface area (Å²) in [6.45, 7) is 8.00. The van der Waals surface area contributed by atoms with Crippen LogP contribution in [0.25, 0.3) is 0 Å². The monoisotopic (exact) mass is 424 g/mol. The average Bonchev–Trinajstić information content (AvgIpc) is 2.71. The molecule has 0 fully saturated rings. The van der Waals surface area contributed by atoms with Crippen molar-refractivity contribution in [3.8, 4) is 0 Å². The highest BCUT2D eigenvalue weighted by Crippen LogP contribution is 2.15. The van der Waals surface area contributed by atoms with Crippen molar-refractivity contribution >= 4 is 23.5 Å². The topological polar surface area (TPSA) is 99.3 Å². The van der Waals surface area contributed by atoms with E-state index in [-0.39, 0.29) is 29.8 Å². The summed E-state index contributed by atoms with van der Waals surface area (Å²) in [7, 11) is 0. The Morgan fingerprint density at radius 1 is 0.839 bits per heavy atom. The Morgan fingerprint density at radius 3 is 2.06 bits per heavy atom. The lowest BCUT2D eigenvalue weighted by Crippen LogP contribution is -2.40. The van der Waals surface area contributed by atoms with Crippen LogP contribution < -0.4 is 21.3 Å². The van der Waals surface area contributed by atoms with Crippen molar-refractivity contribution in [2.24, 2.45) is 5.92 Å². The van der Waals surface area contributed by atoms with E-state index in [1.165, 1.54) is 0 Å². The van der Waals surface area contributed by atoms with Gasteiger partial charge in [-0.3, -0.25) is 9.59 Å². The smallest absolute Gasteiger partial charge is 0.319 e. The second-order valence-electron chi connectivity index (χ2n) is 8.18. The van der Waals surface area contributed by atoms with Gasteiger partial charge in [0.15, 0.2) is 0 Å². The Labute approximate surface area is 184 Å². The lowest BCUT2D eigenvalue weighted by Gasteiger charge is -2.19. The van der Waals surface area contributed by atoms with E-state index in [0.717, 1.165) is 11.1 Å². The minimum absolute atomic E-state index is 0.0491. The number of amides is 4. The standard InChI is InChI=1S/C24H32N4O3/c1-16(2)14-21(29)28-22(19-8-6-5-7-9-19)23(30)25-15-18-10-12-20(13-11-18)27-24(31)26-17(3)4/h5-13,16-17,22H,14-15H2,1-4H3,(H,25,30)(H,28,29)(H2,26,27,31). The van der Waals surface area contributed by atoms with Crippen LogP contribution in [0.5, 0.6) is 0 Å². The third-order valence-corrected chi connectivity index (χ3v) is 4.39. The first-order valence-electron chi connectivity index (χ1n) is 10.5. The molecule has 0 aliphatic rings. The number of anilines is 1. The van der Waals surface area contributed by atoms with Crippen molar-refractivity contribution in [1.29, 1.82) is 0 Å². The van der Waals surface area contributed by atoms with E-state index in [4.69, 9.17) is 0 Å². The van der Waals surface area contributed by atoms with Crippen LogP contribution in [0.3, 0.4) is 0 Å². The summed E-state index contributed by atoms with van der Waals surface area (Å²) >= 11 is 0. The van der Waals surface area contributed by atoms with Crippen LogP contribution in [0.1, 0.15) is 51.3 Å². The highest BCUT2D eigenvalue weighted by atomic mass is 16.2. The zero-order valence-electron chi connectivity index (χ0n) is 18.6. The molecular weight excluding hydrogens is 392 g/mol. The van der Waals surface area contributed by atoms with Crippen LogP contribution in [-0.4, -0.2) is 23.9 Å². The maximum absolute atomic E-state index is 12.9. The third-order valence-electron chi connectivity index (χ3n) is 4.39. The molecule has 0 saturated heterocycles. The van der Waals surface area contributed by atoms with Gasteiger partial charge >= 0.3 is 6.03 Å². The lowest BCUT2D eigenvalue weighted by atomic mass is 10.0. The van der Waals surface area contributed by atoms with Crippen molar-refractivity contribution in [2.75, 3.05) is 5.32 Å². The van der Waals surface area contributed by atoms with Crippen LogP contribution in [-0.2, 0) is 16.1 Å². The normalized spacial score (nSPS) is 11.7. The first-order valence-corrected chi connectivity index (χ1v) is 10.5. The molecule has 7 heteroatoms. The summed E-state index contributed by atoms with van der Waals surface area (Å²) in [6, 6.07) is 15.4. The SMILES string of the molecule is CC(C)CC(=O)NC(C(=O)NCc1ccc(NC(=O)NC(C)C)cc1)c1ccccc1. The Hall–Kier alpha value is -3.35. The summed E-state index contributed by atoms with van der Waals surface area (Å²) in [4.78, 5) is 36.9. The maximum atomic E-state index is 12.9. The molecule has 0 saturated carbocycles. The largest absolute Gasteiger partial charge is 0.350 e. The van der Waals surface area contributed by atoms with Crippen molar-refractivity contribution in [2.45, 2.75) is 52.7 Å². The van der Waals surface area contributed by atoms with Crippen LogP contribution >= 0.6 is 0 Å². The summed E-state index contributed by atoms with van der Waals surface area (Å²) in [5, 5.41) is 11.2. The van der Waals surface area contributed by atoms with Crippen LogP contribution in [0.15, 0.2) is 54.6 Å². The fourth-order valence-corrected chi connectivity index (χ4v) is 2.96. The first kappa shape index (κ1) is 23.9. The molecule has 2 rings (SSSR count). The molecule has 4 N–H and O–H groups in total. The molecule has 0 spiro atoms. The summed E-state index contributed by atoms with van der Waals surface area (Å²) < 4.78 is 0. The Bertz CT molecular complexity index is 864. The van der Waals surface area contributed by atoms with E-state index in [9.17, 15) is 14.4 Å². The molecular formula is C24H32N4O3. The fraction of sp³-hybridized carbons (Fsp3) is 0.375. The zero-order chi connectivity index (χ0) is 22.8. The summed E-state index contributed by atoms with van der Waals surface area (Å²) in [5.41, 5.74) is 2.27. The lowest BCUT2D eigenvalue weighted by molar-refractivity contribution is -0.129. The number of urea groups is 1. The number of carbonyl (C=O) groups excluding carboxylic acids is 3. The highest BCUT2D eigenvalue weighted by molar-refractivity contribution is 5.90. The van der Waals surface area contributed by atoms with E-state index in [2.05, 4.69) is 21.3 Å². The number of benzene rings is 2. The van der Waals surface area contributed by atoms with Gasteiger partial charge in [-0.05, 0) is 43.0 Å². The molecule has 7 nitrogen and oxygen atoms in total. The van der Waals surface area contributed by atoms with Crippen LogP contribution in [0.2, 0.25) is 0 Å². The molecule has 31 heavy (non-hydrogen) atoms.